The van der Waals surface area contributed by atoms with Gasteiger partial charge in [-0.3, -0.25) is 0 Å². The second-order valence-electron chi connectivity index (χ2n) is 4.18. The van der Waals surface area contributed by atoms with Crippen LogP contribution in [-0.4, -0.2) is 40.2 Å². The van der Waals surface area contributed by atoms with Crippen LogP contribution in [-0.2, 0) is 10.3 Å². The van der Waals surface area contributed by atoms with Gasteiger partial charge in [-0.15, -0.1) is 0 Å². The zero-order chi connectivity index (χ0) is 11.8. The van der Waals surface area contributed by atoms with E-state index in [1.807, 2.05) is 6.07 Å². The summed E-state index contributed by atoms with van der Waals surface area (Å²) in [7, 11) is 0. The summed E-state index contributed by atoms with van der Waals surface area (Å²) in [6, 6.07) is 8.79. The molecular formula is C12H16O4. The van der Waals surface area contributed by atoms with E-state index in [0.717, 1.165) is 0 Å². The molecular weight excluding hydrogens is 208 g/mol. The molecule has 3 N–H and O–H groups in total. The maximum absolute atomic E-state index is 10.5. The van der Waals surface area contributed by atoms with Crippen molar-refractivity contribution in [2.75, 3.05) is 6.61 Å². The Kier molecular flexibility index (Phi) is 2.99. The topological polar surface area (TPSA) is 69.9 Å². The van der Waals surface area contributed by atoms with Gasteiger partial charge in [-0.2, -0.15) is 0 Å². The Morgan fingerprint density at radius 2 is 1.88 bits per heavy atom. The van der Waals surface area contributed by atoms with Crippen LogP contribution in [0.1, 0.15) is 12.5 Å². The van der Waals surface area contributed by atoms with Crippen molar-refractivity contribution in [1.82, 2.24) is 0 Å². The second kappa shape index (κ2) is 4.14. The first-order valence-corrected chi connectivity index (χ1v) is 5.32. The Morgan fingerprint density at radius 1 is 1.25 bits per heavy atom. The SMILES string of the molecule is CC1OC[C@H](O)C(O)[C@@]1(O)c1ccccc1. The molecule has 1 saturated heterocycles. The van der Waals surface area contributed by atoms with E-state index in [1.165, 1.54) is 0 Å². The molecule has 88 valence electrons. The minimum atomic E-state index is -1.56. The number of benzene rings is 1. The van der Waals surface area contributed by atoms with Gasteiger partial charge in [0.05, 0.1) is 12.7 Å². The Balaban J connectivity index is 2.41. The molecule has 1 aromatic carbocycles. The average molecular weight is 224 g/mol. The second-order valence-corrected chi connectivity index (χ2v) is 4.18. The van der Waals surface area contributed by atoms with Crippen LogP contribution in [0.4, 0.5) is 0 Å². The molecule has 4 nitrogen and oxygen atoms in total. The normalized spacial score (nSPS) is 39.6. The zero-order valence-electron chi connectivity index (χ0n) is 9.08. The molecule has 0 saturated carbocycles. The van der Waals surface area contributed by atoms with Gasteiger partial charge in [-0.1, -0.05) is 30.3 Å². The molecule has 1 fully saturated rings. The maximum Gasteiger partial charge on any atom is 0.144 e. The van der Waals surface area contributed by atoms with Crippen LogP contribution < -0.4 is 0 Å². The third-order valence-electron chi connectivity index (χ3n) is 3.19. The molecule has 2 unspecified atom stereocenters. The fourth-order valence-corrected chi connectivity index (χ4v) is 2.11. The molecule has 0 spiro atoms. The van der Waals surface area contributed by atoms with Gasteiger partial charge in [0.15, 0.2) is 0 Å². The van der Waals surface area contributed by atoms with Gasteiger partial charge < -0.3 is 20.1 Å². The number of aliphatic hydroxyl groups is 3. The smallest absolute Gasteiger partial charge is 0.144 e. The molecule has 0 aromatic heterocycles. The van der Waals surface area contributed by atoms with Gasteiger partial charge in [0.2, 0.25) is 0 Å². The predicted molar refractivity (Wildman–Crippen MR) is 57.8 cm³/mol. The highest BCUT2D eigenvalue weighted by Crippen LogP contribution is 2.35. The predicted octanol–water partition coefficient (Wildman–Crippen LogP) is 0.0147. The monoisotopic (exact) mass is 224 g/mol. The van der Waals surface area contributed by atoms with Crippen molar-refractivity contribution in [1.29, 1.82) is 0 Å². The molecule has 1 aliphatic heterocycles. The Labute approximate surface area is 94.1 Å². The highest BCUT2D eigenvalue weighted by Gasteiger charge is 2.50. The van der Waals surface area contributed by atoms with Crippen molar-refractivity contribution in [3.8, 4) is 0 Å². The highest BCUT2D eigenvalue weighted by molar-refractivity contribution is 5.26. The van der Waals surface area contributed by atoms with Crippen LogP contribution >= 0.6 is 0 Å². The average Bonchev–Trinajstić information content (AvgIpc) is 2.33. The summed E-state index contributed by atoms with van der Waals surface area (Å²) in [5.41, 5.74) is -1.01. The van der Waals surface area contributed by atoms with Gasteiger partial charge in [0.25, 0.3) is 0 Å². The third-order valence-corrected chi connectivity index (χ3v) is 3.19. The van der Waals surface area contributed by atoms with E-state index in [-0.39, 0.29) is 6.61 Å². The molecule has 0 amide bonds. The lowest BCUT2D eigenvalue weighted by Gasteiger charge is -2.44. The van der Waals surface area contributed by atoms with E-state index >= 15 is 0 Å². The Hall–Kier alpha value is -0.940. The molecule has 4 heteroatoms. The van der Waals surface area contributed by atoms with E-state index in [0.29, 0.717) is 5.56 Å². The molecule has 2 rings (SSSR count). The van der Waals surface area contributed by atoms with Gasteiger partial charge in [0.1, 0.15) is 17.8 Å². The van der Waals surface area contributed by atoms with Gasteiger partial charge >= 0.3 is 0 Å². The first-order chi connectivity index (χ1) is 7.56. The Morgan fingerprint density at radius 3 is 2.50 bits per heavy atom. The van der Waals surface area contributed by atoms with Crippen molar-refractivity contribution in [2.24, 2.45) is 0 Å². The summed E-state index contributed by atoms with van der Waals surface area (Å²) in [6.07, 6.45) is -2.87. The highest BCUT2D eigenvalue weighted by atomic mass is 16.5. The molecule has 0 radical (unpaired) electrons. The summed E-state index contributed by atoms with van der Waals surface area (Å²) in [4.78, 5) is 0. The number of hydrogen-bond acceptors (Lipinski definition) is 4. The summed E-state index contributed by atoms with van der Waals surface area (Å²) in [6.45, 7) is 1.72. The molecule has 4 atom stereocenters. The quantitative estimate of drug-likeness (QED) is 0.628. The van der Waals surface area contributed by atoms with Crippen molar-refractivity contribution in [2.45, 2.75) is 30.8 Å². The zero-order valence-corrected chi connectivity index (χ0v) is 9.08. The number of rotatable bonds is 1. The maximum atomic E-state index is 10.5. The number of ether oxygens (including phenoxy) is 1. The fourth-order valence-electron chi connectivity index (χ4n) is 2.11. The van der Waals surface area contributed by atoms with Gasteiger partial charge in [-0.25, -0.2) is 0 Å². The molecule has 1 aromatic rings. The van der Waals surface area contributed by atoms with Crippen LogP contribution in [0.25, 0.3) is 0 Å². The first-order valence-electron chi connectivity index (χ1n) is 5.32. The van der Waals surface area contributed by atoms with E-state index in [9.17, 15) is 15.3 Å². The molecule has 1 aliphatic rings. The van der Waals surface area contributed by atoms with Crippen molar-refractivity contribution < 1.29 is 20.1 Å². The van der Waals surface area contributed by atoms with Crippen LogP contribution in [0.5, 0.6) is 0 Å². The van der Waals surface area contributed by atoms with Crippen molar-refractivity contribution in [3.63, 3.8) is 0 Å². The lowest BCUT2D eigenvalue weighted by atomic mass is 9.80. The summed E-state index contributed by atoms with van der Waals surface area (Å²) >= 11 is 0. The van der Waals surface area contributed by atoms with E-state index < -0.39 is 23.9 Å². The standard InChI is InChI=1S/C12H16O4/c1-8-12(15,9-5-3-2-4-6-9)11(14)10(13)7-16-8/h2-6,8,10-11,13-15H,7H2,1H3/t8?,10-,11?,12-/m0/s1. The summed E-state index contributed by atoms with van der Waals surface area (Å²) in [5.74, 6) is 0. The summed E-state index contributed by atoms with van der Waals surface area (Å²) in [5, 5.41) is 30.0. The third kappa shape index (κ3) is 1.64. The largest absolute Gasteiger partial charge is 0.388 e. The fraction of sp³-hybridized carbons (Fsp3) is 0.500. The summed E-state index contributed by atoms with van der Waals surface area (Å²) < 4.78 is 5.27. The van der Waals surface area contributed by atoms with Crippen LogP contribution in [0.15, 0.2) is 30.3 Å². The van der Waals surface area contributed by atoms with Gasteiger partial charge in [-0.05, 0) is 12.5 Å². The van der Waals surface area contributed by atoms with Crippen LogP contribution in [0.3, 0.4) is 0 Å². The molecule has 0 bridgehead atoms. The molecule has 1 heterocycles. The Bertz CT molecular complexity index is 353. The minimum Gasteiger partial charge on any atom is -0.388 e. The molecule has 0 aliphatic carbocycles. The minimum absolute atomic E-state index is 0.0392. The number of hydrogen-bond donors (Lipinski definition) is 3. The van der Waals surface area contributed by atoms with Crippen molar-refractivity contribution in [3.05, 3.63) is 35.9 Å². The molecule has 16 heavy (non-hydrogen) atoms. The lowest BCUT2D eigenvalue weighted by Crippen LogP contribution is -2.59. The van der Waals surface area contributed by atoms with Crippen LogP contribution in [0, 0.1) is 0 Å². The van der Waals surface area contributed by atoms with Crippen molar-refractivity contribution >= 4 is 0 Å². The lowest BCUT2D eigenvalue weighted by molar-refractivity contribution is -0.243. The van der Waals surface area contributed by atoms with E-state index in [4.69, 9.17) is 4.74 Å². The number of aliphatic hydroxyl groups excluding tert-OH is 2. The van der Waals surface area contributed by atoms with Crippen LogP contribution in [0.2, 0.25) is 0 Å². The van der Waals surface area contributed by atoms with E-state index in [2.05, 4.69) is 0 Å². The van der Waals surface area contributed by atoms with Gasteiger partial charge in [0, 0.05) is 0 Å². The van der Waals surface area contributed by atoms with E-state index in [1.54, 1.807) is 31.2 Å². The first kappa shape index (κ1) is 11.5.